The Bertz CT molecular complexity index is 1300. The zero-order valence-corrected chi connectivity index (χ0v) is 17.6. The van der Waals surface area contributed by atoms with Crippen molar-refractivity contribution in [2.24, 2.45) is 0 Å². The minimum atomic E-state index is 0. The molecule has 0 aliphatic heterocycles. The summed E-state index contributed by atoms with van der Waals surface area (Å²) in [6.45, 7) is 2.30. The number of para-hydroxylation sites is 1. The first-order chi connectivity index (χ1) is 14.8. The fourth-order valence-corrected chi connectivity index (χ4v) is 3.60. The van der Waals surface area contributed by atoms with E-state index in [4.69, 9.17) is 10.5 Å². The predicted octanol–water partition coefficient (Wildman–Crippen LogP) is 3.45. The van der Waals surface area contributed by atoms with E-state index >= 15 is 0 Å². The fraction of sp³-hybridized carbons (Fsp3) is 0.182. The number of ether oxygens (including phenoxy) is 1. The predicted molar refractivity (Wildman–Crippen MR) is 122 cm³/mol. The van der Waals surface area contributed by atoms with E-state index in [1.165, 1.54) is 5.56 Å². The number of nitrogens with zero attached hydrogens (tertiary/aromatic N) is 6. The summed E-state index contributed by atoms with van der Waals surface area (Å²) in [5, 5.41) is 9.24. The van der Waals surface area contributed by atoms with Crippen LogP contribution < -0.4 is 5.73 Å². The smallest absolute Gasteiger partial charge is 0.152 e. The second kappa shape index (κ2) is 9.11. The maximum Gasteiger partial charge on any atom is 0.152 e. The van der Waals surface area contributed by atoms with Gasteiger partial charge in [-0.2, -0.15) is 0 Å². The van der Waals surface area contributed by atoms with Crippen LogP contribution in [0.15, 0.2) is 67.1 Å². The molecule has 8 nitrogen and oxygen atoms in total. The van der Waals surface area contributed by atoms with Crippen molar-refractivity contribution in [3.05, 3.63) is 78.4 Å². The monoisotopic (exact) mass is 435 g/mol. The first kappa shape index (κ1) is 20.8. The van der Waals surface area contributed by atoms with Crippen molar-refractivity contribution < 1.29 is 4.74 Å². The van der Waals surface area contributed by atoms with E-state index in [1.54, 1.807) is 12.5 Å². The third kappa shape index (κ3) is 4.21. The van der Waals surface area contributed by atoms with Gasteiger partial charge in [0.1, 0.15) is 5.52 Å². The number of hydrogen-bond acceptors (Lipinski definition) is 6. The molecule has 2 aromatic carbocycles. The van der Waals surface area contributed by atoms with Gasteiger partial charge in [-0.15, -0.1) is 17.5 Å². The highest BCUT2D eigenvalue weighted by molar-refractivity contribution is 6.06. The van der Waals surface area contributed by atoms with Crippen LogP contribution in [0.4, 0.5) is 5.82 Å². The number of nitrogen functional groups attached to an aromatic ring is 1. The average Bonchev–Trinajstić information content (AvgIpc) is 3.40. The lowest BCUT2D eigenvalue weighted by Crippen LogP contribution is -2.10. The summed E-state index contributed by atoms with van der Waals surface area (Å²) < 4.78 is 9.85. The number of anilines is 1. The van der Waals surface area contributed by atoms with Gasteiger partial charge in [0, 0.05) is 11.9 Å². The Morgan fingerprint density at radius 2 is 1.81 bits per heavy atom. The van der Waals surface area contributed by atoms with E-state index in [1.807, 2.05) is 47.1 Å². The molecule has 0 aliphatic rings. The van der Waals surface area contributed by atoms with Crippen LogP contribution >= 0.6 is 12.4 Å². The molecule has 3 heterocycles. The van der Waals surface area contributed by atoms with Gasteiger partial charge >= 0.3 is 0 Å². The van der Waals surface area contributed by atoms with Gasteiger partial charge in [-0.05, 0) is 11.6 Å². The Hall–Kier alpha value is -3.49. The number of halogens is 1. The Kier molecular flexibility index (Phi) is 6.11. The van der Waals surface area contributed by atoms with Crippen LogP contribution in [0.1, 0.15) is 11.3 Å². The van der Waals surface area contributed by atoms with Gasteiger partial charge < -0.3 is 15.0 Å². The molecule has 0 amide bonds. The molecule has 0 aliphatic carbocycles. The maximum absolute atomic E-state index is 6.10. The first-order valence-corrected chi connectivity index (χ1v) is 9.77. The Balaban J connectivity index is 0.00000231. The number of imidazole rings is 1. The summed E-state index contributed by atoms with van der Waals surface area (Å²) in [4.78, 5) is 8.90. The Labute approximate surface area is 185 Å². The van der Waals surface area contributed by atoms with Crippen LogP contribution in [0, 0.1) is 0 Å². The molecule has 0 radical (unpaired) electrons. The standard InChI is InChI=1S/C22H21N7O.ClH/c23-22-20-21(18-8-4-5-9-19(18)26-22)28(15-24-20)10-11-30-14-17-12-25-27-29(17)13-16-6-2-1-3-7-16;/h1-9,12,15H,10-11,13-14H2,(H2,23,26);1H. The second-order valence-electron chi connectivity index (χ2n) is 7.07. The summed E-state index contributed by atoms with van der Waals surface area (Å²) in [6.07, 6.45) is 3.54. The van der Waals surface area contributed by atoms with Gasteiger partial charge in [-0.1, -0.05) is 53.7 Å². The zero-order chi connectivity index (χ0) is 20.3. The van der Waals surface area contributed by atoms with Crippen LogP contribution in [-0.2, 0) is 24.4 Å². The molecule has 5 rings (SSSR count). The molecule has 5 aromatic rings. The van der Waals surface area contributed by atoms with Crippen LogP contribution in [0.2, 0.25) is 0 Å². The molecule has 31 heavy (non-hydrogen) atoms. The van der Waals surface area contributed by atoms with E-state index in [0.29, 0.717) is 32.1 Å². The molecular formula is C22H22ClN7O. The maximum atomic E-state index is 6.10. The average molecular weight is 436 g/mol. The minimum absolute atomic E-state index is 0. The number of rotatable bonds is 7. The van der Waals surface area contributed by atoms with Crippen molar-refractivity contribution in [1.82, 2.24) is 29.5 Å². The number of benzene rings is 2. The third-order valence-electron chi connectivity index (χ3n) is 5.08. The Morgan fingerprint density at radius 3 is 2.68 bits per heavy atom. The number of pyridine rings is 1. The fourth-order valence-electron chi connectivity index (χ4n) is 3.60. The zero-order valence-electron chi connectivity index (χ0n) is 16.8. The van der Waals surface area contributed by atoms with Crippen molar-refractivity contribution in [3.8, 4) is 0 Å². The van der Waals surface area contributed by atoms with E-state index in [0.717, 1.165) is 27.6 Å². The highest BCUT2D eigenvalue weighted by Crippen LogP contribution is 2.26. The van der Waals surface area contributed by atoms with E-state index in [2.05, 4.69) is 37.0 Å². The summed E-state index contributed by atoms with van der Waals surface area (Å²) in [7, 11) is 0. The van der Waals surface area contributed by atoms with Crippen molar-refractivity contribution in [2.45, 2.75) is 19.7 Å². The highest BCUT2D eigenvalue weighted by atomic mass is 35.5. The normalized spacial score (nSPS) is 11.1. The van der Waals surface area contributed by atoms with Crippen molar-refractivity contribution in [2.75, 3.05) is 12.3 Å². The quantitative estimate of drug-likeness (QED) is 0.393. The SMILES string of the molecule is Cl.Nc1nc2ccccc2c2c1ncn2CCOCc1cnnn1Cc1ccccc1. The van der Waals surface area contributed by atoms with E-state index < -0.39 is 0 Å². The molecule has 0 atom stereocenters. The molecular weight excluding hydrogens is 414 g/mol. The van der Waals surface area contributed by atoms with Crippen LogP contribution in [-0.4, -0.2) is 36.1 Å². The van der Waals surface area contributed by atoms with Crippen LogP contribution in [0.3, 0.4) is 0 Å². The molecule has 0 fully saturated rings. The molecule has 3 aromatic heterocycles. The van der Waals surface area contributed by atoms with Gasteiger partial charge in [-0.3, -0.25) is 0 Å². The van der Waals surface area contributed by atoms with Crippen molar-refractivity contribution >= 4 is 40.2 Å². The summed E-state index contributed by atoms with van der Waals surface area (Å²) >= 11 is 0. The third-order valence-corrected chi connectivity index (χ3v) is 5.08. The van der Waals surface area contributed by atoms with Crippen LogP contribution in [0.5, 0.6) is 0 Å². The molecule has 0 saturated heterocycles. The lowest BCUT2D eigenvalue weighted by Gasteiger charge is -2.09. The van der Waals surface area contributed by atoms with Crippen molar-refractivity contribution in [1.29, 1.82) is 0 Å². The minimum Gasteiger partial charge on any atom is -0.382 e. The summed E-state index contributed by atoms with van der Waals surface area (Å²) in [5.41, 5.74) is 10.8. The summed E-state index contributed by atoms with van der Waals surface area (Å²) in [6, 6.07) is 18.1. The molecule has 9 heteroatoms. The van der Waals surface area contributed by atoms with Crippen LogP contribution in [0.25, 0.3) is 21.9 Å². The van der Waals surface area contributed by atoms with E-state index in [9.17, 15) is 0 Å². The van der Waals surface area contributed by atoms with Gasteiger partial charge in [0.25, 0.3) is 0 Å². The second-order valence-corrected chi connectivity index (χ2v) is 7.07. The van der Waals surface area contributed by atoms with Gasteiger partial charge in [0.05, 0.1) is 49.0 Å². The molecule has 0 unspecified atom stereocenters. The highest BCUT2D eigenvalue weighted by Gasteiger charge is 2.12. The Morgan fingerprint density at radius 1 is 1.00 bits per heavy atom. The number of hydrogen-bond donors (Lipinski definition) is 1. The van der Waals surface area contributed by atoms with E-state index in [-0.39, 0.29) is 12.4 Å². The lowest BCUT2D eigenvalue weighted by atomic mass is 10.2. The molecule has 0 spiro atoms. The lowest BCUT2D eigenvalue weighted by molar-refractivity contribution is 0.108. The van der Waals surface area contributed by atoms with Gasteiger partial charge in [-0.25, -0.2) is 14.6 Å². The summed E-state index contributed by atoms with van der Waals surface area (Å²) in [5.74, 6) is 0.444. The van der Waals surface area contributed by atoms with Crippen molar-refractivity contribution in [3.63, 3.8) is 0 Å². The molecule has 158 valence electrons. The number of nitrogens with two attached hydrogens (primary N) is 1. The molecule has 0 saturated carbocycles. The topological polar surface area (TPSA) is 96.7 Å². The first-order valence-electron chi connectivity index (χ1n) is 9.77. The number of aromatic nitrogens is 6. The van der Waals surface area contributed by atoms with Gasteiger partial charge in [0.15, 0.2) is 5.82 Å². The molecule has 0 bridgehead atoms. The largest absolute Gasteiger partial charge is 0.382 e. The molecule has 2 N–H and O–H groups in total. The van der Waals surface area contributed by atoms with Gasteiger partial charge in [0.2, 0.25) is 0 Å². The number of fused-ring (bicyclic) bond motifs is 3.